The third-order valence-corrected chi connectivity index (χ3v) is 4.47. The van der Waals surface area contributed by atoms with Crippen LogP contribution in [0.1, 0.15) is 31.5 Å². The van der Waals surface area contributed by atoms with E-state index < -0.39 is 12.0 Å². The van der Waals surface area contributed by atoms with Crippen molar-refractivity contribution in [1.82, 2.24) is 14.3 Å². The van der Waals surface area contributed by atoms with Crippen LogP contribution in [0, 0.1) is 0 Å². The minimum absolute atomic E-state index is 0.216. The SMILES string of the molecule is FC(F)(F)c1nsc(NC2CCN3CCCC3C2)n1. The predicted molar refractivity (Wildman–Crippen MR) is 66.2 cm³/mol. The van der Waals surface area contributed by atoms with Crippen molar-refractivity contribution >= 4 is 16.7 Å². The van der Waals surface area contributed by atoms with E-state index in [0.717, 1.165) is 37.5 Å². The fraction of sp³-hybridized carbons (Fsp3) is 0.818. The van der Waals surface area contributed by atoms with E-state index >= 15 is 0 Å². The number of anilines is 1. The zero-order valence-corrected chi connectivity index (χ0v) is 11.1. The van der Waals surface area contributed by atoms with Crippen LogP contribution in [0.25, 0.3) is 0 Å². The lowest BCUT2D eigenvalue weighted by Crippen LogP contribution is -2.42. The summed E-state index contributed by atoms with van der Waals surface area (Å²) in [6.07, 6.45) is -0.0832. The normalized spacial score (nSPS) is 28.4. The van der Waals surface area contributed by atoms with Crippen molar-refractivity contribution in [3.63, 3.8) is 0 Å². The van der Waals surface area contributed by atoms with Crippen molar-refractivity contribution in [2.24, 2.45) is 0 Å². The van der Waals surface area contributed by atoms with Crippen LogP contribution in [-0.2, 0) is 6.18 Å². The van der Waals surface area contributed by atoms with Gasteiger partial charge < -0.3 is 10.2 Å². The van der Waals surface area contributed by atoms with E-state index in [4.69, 9.17) is 0 Å². The molecule has 8 heteroatoms. The lowest BCUT2D eigenvalue weighted by atomic mass is 9.98. The zero-order valence-electron chi connectivity index (χ0n) is 10.3. The maximum Gasteiger partial charge on any atom is 0.452 e. The van der Waals surface area contributed by atoms with Crippen LogP contribution in [0.3, 0.4) is 0 Å². The molecule has 4 nitrogen and oxygen atoms in total. The van der Waals surface area contributed by atoms with Crippen LogP contribution in [0.5, 0.6) is 0 Å². The van der Waals surface area contributed by atoms with Gasteiger partial charge in [-0.3, -0.25) is 0 Å². The highest BCUT2D eigenvalue weighted by molar-refractivity contribution is 7.09. The Morgan fingerprint density at radius 2 is 2.11 bits per heavy atom. The number of alkyl halides is 3. The van der Waals surface area contributed by atoms with Gasteiger partial charge in [0.25, 0.3) is 0 Å². The van der Waals surface area contributed by atoms with E-state index in [9.17, 15) is 13.2 Å². The number of halogens is 3. The molecule has 0 spiro atoms. The predicted octanol–water partition coefficient (Wildman–Crippen LogP) is 2.60. The average molecular weight is 292 g/mol. The van der Waals surface area contributed by atoms with Gasteiger partial charge in [0.15, 0.2) is 0 Å². The summed E-state index contributed by atoms with van der Waals surface area (Å²) in [6.45, 7) is 2.18. The van der Waals surface area contributed by atoms with Gasteiger partial charge in [-0.05, 0) is 32.2 Å². The van der Waals surface area contributed by atoms with Gasteiger partial charge in [-0.15, -0.1) is 0 Å². The number of nitrogens with one attached hydrogen (secondary N) is 1. The van der Waals surface area contributed by atoms with Crippen molar-refractivity contribution in [1.29, 1.82) is 0 Å². The Morgan fingerprint density at radius 3 is 2.84 bits per heavy atom. The number of piperidine rings is 1. The second-order valence-electron chi connectivity index (χ2n) is 5.12. The molecule has 3 heterocycles. The molecule has 2 atom stereocenters. The standard InChI is InChI=1S/C11H15F3N4S/c12-11(13,14)9-16-10(19-17-9)15-7-3-5-18-4-1-2-8(18)6-7/h7-8H,1-6H2,(H,15,16,17). The Bertz CT molecular complexity index is 447. The first-order valence-corrected chi connectivity index (χ1v) is 7.21. The lowest BCUT2D eigenvalue weighted by Gasteiger charge is -2.34. The van der Waals surface area contributed by atoms with Crippen molar-refractivity contribution in [3.8, 4) is 0 Å². The zero-order chi connectivity index (χ0) is 13.5. The van der Waals surface area contributed by atoms with E-state index in [0.29, 0.717) is 6.04 Å². The van der Waals surface area contributed by atoms with Crippen LogP contribution < -0.4 is 5.32 Å². The molecule has 0 aromatic carbocycles. The maximum atomic E-state index is 12.4. The number of hydrogen-bond acceptors (Lipinski definition) is 5. The molecule has 19 heavy (non-hydrogen) atoms. The van der Waals surface area contributed by atoms with Gasteiger partial charge in [0, 0.05) is 30.2 Å². The molecule has 0 aliphatic carbocycles. The van der Waals surface area contributed by atoms with Crippen LogP contribution in [0.15, 0.2) is 0 Å². The molecule has 3 rings (SSSR count). The second-order valence-corrected chi connectivity index (χ2v) is 5.87. The van der Waals surface area contributed by atoms with Gasteiger partial charge in [0.2, 0.25) is 11.0 Å². The number of fused-ring (bicyclic) bond motifs is 1. The molecule has 106 valence electrons. The minimum atomic E-state index is -4.45. The third-order valence-electron chi connectivity index (χ3n) is 3.83. The Kier molecular flexibility index (Phi) is 3.38. The molecule has 1 aromatic rings. The molecule has 2 saturated heterocycles. The summed E-state index contributed by atoms with van der Waals surface area (Å²) in [5.74, 6) is -1.04. The highest BCUT2D eigenvalue weighted by Gasteiger charge is 2.37. The second kappa shape index (κ2) is 4.90. The first-order chi connectivity index (χ1) is 9.02. The minimum Gasteiger partial charge on any atom is -0.357 e. The van der Waals surface area contributed by atoms with Crippen LogP contribution in [0.4, 0.5) is 18.3 Å². The summed E-state index contributed by atoms with van der Waals surface area (Å²) in [5, 5.41) is 3.39. The summed E-state index contributed by atoms with van der Waals surface area (Å²) in [7, 11) is 0. The van der Waals surface area contributed by atoms with E-state index in [-0.39, 0.29) is 11.2 Å². The molecule has 0 bridgehead atoms. The molecule has 0 saturated carbocycles. The smallest absolute Gasteiger partial charge is 0.357 e. The topological polar surface area (TPSA) is 41.1 Å². The fourth-order valence-electron chi connectivity index (χ4n) is 2.93. The molecule has 0 radical (unpaired) electrons. The van der Waals surface area contributed by atoms with Gasteiger partial charge in [0.05, 0.1) is 0 Å². The summed E-state index contributed by atoms with van der Waals surface area (Å²) < 4.78 is 40.6. The number of rotatable bonds is 2. The fourth-order valence-corrected chi connectivity index (χ4v) is 3.59. The molecule has 1 N–H and O–H groups in total. The highest BCUT2D eigenvalue weighted by Crippen LogP contribution is 2.31. The first-order valence-electron chi connectivity index (χ1n) is 6.44. The van der Waals surface area contributed by atoms with Gasteiger partial charge in [-0.25, -0.2) is 0 Å². The molecular weight excluding hydrogens is 277 g/mol. The van der Waals surface area contributed by atoms with Crippen molar-refractivity contribution in [2.75, 3.05) is 18.4 Å². The Morgan fingerprint density at radius 1 is 1.26 bits per heavy atom. The summed E-state index contributed by atoms with van der Waals surface area (Å²) in [6, 6.07) is 0.801. The van der Waals surface area contributed by atoms with Gasteiger partial charge in [0.1, 0.15) is 0 Å². The Hall–Kier alpha value is -0.890. The van der Waals surface area contributed by atoms with Crippen molar-refractivity contribution in [2.45, 2.75) is 43.9 Å². The molecule has 2 aliphatic rings. The average Bonchev–Trinajstić information content (AvgIpc) is 2.95. The van der Waals surface area contributed by atoms with Gasteiger partial charge >= 0.3 is 6.18 Å². The van der Waals surface area contributed by atoms with Crippen molar-refractivity contribution in [3.05, 3.63) is 5.82 Å². The largest absolute Gasteiger partial charge is 0.452 e. The molecule has 2 unspecified atom stereocenters. The summed E-state index contributed by atoms with van der Waals surface area (Å²) in [5.41, 5.74) is 0. The van der Waals surface area contributed by atoms with Crippen LogP contribution >= 0.6 is 11.5 Å². The van der Waals surface area contributed by atoms with E-state index in [1.54, 1.807) is 0 Å². The highest BCUT2D eigenvalue weighted by atomic mass is 32.1. The first kappa shape index (κ1) is 13.1. The lowest BCUT2D eigenvalue weighted by molar-refractivity contribution is -0.144. The molecule has 0 amide bonds. The summed E-state index contributed by atoms with van der Waals surface area (Å²) >= 11 is 0.789. The van der Waals surface area contributed by atoms with Gasteiger partial charge in [-0.1, -0.05) is 0 Å². The van der Waals surface area contributed by atoms with E-state index in [1.165, 1.54) is 12.8 Å². The maximum absolute atomic E-state index is 12.4. The molecule has 2 aliphatic heterocycles. The number of nitrogens with zero attached hydrogens (tertiary/aromatic N) is 3. The van der Waals surface area contributed by atoms with E-state index in [2.05, 4.69) is 19.6 Å². The molecule has 1 aromatic heterocycles. The molecule has 2 fully saturated rings. The van der Waals surface area contributed by atoms with Crippen LogP contribution in [-0.4, -0.2) is 39.4 Å². The molecular formula is C11H15F3N4S. The monoisotopic (exact) mass is 292 g/mol. The quantitative estimate of drug-likeness (QED) is 0.909. The number of aromatic nitrogens is 2. The van der Waals surface area contributed by atoms with Crippen LogP contribution in [0.2, 0.25) is 0 Å². The van der Waals surface area contributed by atoms with Crippen molar-refractivity contribution < 1.29 is 13.2 Å². The summed E-state index contributed by atoms with van der Waals surface area (Å²) in [4.78, 5) is 5.99. The van der Waals surface area contributed by atoms with E-state index in [1.807, 2.05) is 0 Å². The Labute approximate surface area is 113 Å². The van der Waals surface area contributed by atoms with Gasteiger partial charge in [-0.2, -0.15) is 22.5 Å². The number of hydrogen-bond donors (Lipinski definition) is 1. The Balaban J connectivity index is 1.61. The third kappa shape index (κ3) is 2.84.